The third-order valence-corrected chi connectivity index (χ3v) is 3.80. The van der Waals surface area contributed by atoms with Gasteiger partial charge in [0.05, 0.1) is 10.7 Å². The lowest BCUT2D eigenvalue weighted by atomic mass is 10.1. The molecule has 0 fully saturated rings. The number of hydrogen-bond donors (Lipinski definition) is 3. The van der Waals surface area contributed by atoms with Crippen LogP contribution >= 0.6 is 11.6 Å². The Bertz CT molecular complexity index is 809. The molecular formula is C19H20ClN3O3. The molecule has 0 aliphatic heterocycles. The first-order valence-corrected chi connectivity index (χ1v) is 8.46. The molecule has 0 saturated heterocycles. The van der Waals surface area contributed by atoms with Crippen LogP contribution < -0.4 is 16.0 Å². The van der Waals surface area contributed by atoms with Crippen molar-refractivity contribution in [2.75, 3.05) is 10.6 Å². The van der Waals surface area contributed by atoms with Gasteiger partial charge in [0, 0.05) is 30.6 Å². The molecule has 2 rings (SSSR count). The van der Waals surface area contributed by atoms with Gasteiger partial charge in [0.25, 0.3) is 5.91 Å². The van der Waals surface area contributed by atoms with Crippen LogP contribution in [0.1, 0.15) is 30.6 Å². The summed E-state index contributed by atoms with van der Waals surface area (Å²) in [5.41, 5.74) is 1.46. The molecule has 0 saturated carbocycles. The maximum atomic E-state index is 12.2. The first-order valence-electron chi connectivity index (χ1n) is 8.08. The average molecular weight is 374 g/mol. The Balaban J connectivity index is 1.93. The molecule has 1 atom stereocenters. The Morgan fingerprint density at radius 3 is 2.38 bits per heavy atom. The number of nitrogens with one attached hydrogen (secondary N) is 3. The fraction of sp³-hybridized carbons (Fsp3) is 0.211. The van der Waals surface area contributed by atoms with Crippen LogP contribution in [0, 0.1) is 0 Å². The molecule has 26 heavy (non-hydrogen) atoms. The number of halogens is 1. The summed E-state index contributed by atoms with van der Waals surface area (Å²) in [6.45, 7) is 3.14. The van der Waals surface area contributed by atoms with Crippen molar-refractivity contribution in [2.45, 2.75) is 26.3 Å². The molecule has 0 aliphatic rings. The maximum Gasteiger partial charge on any atom is 0.251 e. The van der Waals surface area contributed by atoms with Gasteiger partial charge in [0.2, 0.25) is 11.8 Å². The number of hydrogen-bond acceptors (Lipinski definition) is 3. The van der Waals surface area contributed by atoms with Crippen LogP contribution in [0.2, 0.25) is 5.02 Å². The van der Waals surface area contributed by atoms with Crippen LogP contribution in [0.25, 0.3) is 0 Å². The highest BCUT2D eigenvalue weighted by molar-refractivity contribution is 6.33. The molecule has 0 aromatic heterocycles. The van der Waals surface area contributed by atoms with Crippen LogP contribution in [-0.4, -0.2) is 23.8 Å². The van der Waals surface area contributed by atoms with Crippen molar-refractivity contribution in [3.8, 4) is 0 Å². The minimum absolute atomic E-state index is 0.0826. The van der Waals surface area contributed by atoms with Crippen molar-refractivity contribution in [1.82, 2.24) is 5.32 Å². The van der Waals surface area contributed by atoms with E-state index in [1.165, 1.54) is 6.92 Å². The second-order valence-corrected chi connectivity index (χ2v) is 6.28. The standard InChI is InChI=1S/C19H20ClN3O3/c1-12(21-19(26)14-6-4-3-5-7-14)10-18(25)23-17-11-15(22-13(2)24)8-9-16(17)20/h3-9,11-12H,10H2,1-2H3,(H,21,26)(H,22,24)(H,23,25). The van der Waals surface area contributed by atoms with Gasteiger partial charge in [-0.2, -0.15) is 0 Å². The van der Waals surface area contributed by atoms with Gasteiger partial charge in [-0.25, -0.2) is 0 Å². The van der Waals surface area contributed by atoms with E-state index in [2.05, 4.69) is 16.0 Å². The molecule has 6 nitrogen and oxygen atoms in total. The van der Waals surface area contributed by atoms with Crippen molar-refractivity contribution in [3.05, 3.63) is 59.1 Å². The SMILES string of the molecule is CC(=O)Nc1ccc(Cl)c(NC(=O)CC(C)NC(=O)c2ccccc2)c1. The van der Waals surface area contributed by atoms with Crippen molar-refractivity contribution in [3.63, 3.8) is 0 Å². The van der Waals surface area contributed by atoms with Crippen LogP contribution in [-0.2, 0) is 9.59 Å². The Kier molecular flexibility index (Phi) is 6.74. The third kappa shape index (κ3) is 5.89. The summed E-state index contributed by atoms with van der Waals surface area (Å²) >= 11 is 6.08. The summed E-state index contributed by atoms with van der Waals surface area (Å²) < 4.78 is 0. The zero-order valence-corrected chi connectivity index (χ0v) is 15.3. The lowest BCUT2D eigenvalue weighted by Crippen LogP contribution is -2.35. The average Bonchev–Trinajstić information content (AvgIpc) is 2.58. The molecule has 3 N–H and O–H groups in total. The van der Waals surface area contributed by atoms with Crippen molar-refractivity contribution in [2.24, 2.45) is 0 Å². The Morgan fingerprint density at radius 1 is 1.04 bits per heavy atom. The van der Waals surface area contributed by atoms with Gasteiger partial charge in [-0.1, -0.05) is 29.8 Å². The molecule has 3 amide bonds. The molecule has 0 bridgehead atoms. The van der Waals surface area contributed by atoms with Gasteiger partial charge < -0.3 is 16.0 Å². The molecule has 0 heterocycles. The van der Waals surface area contributed by atoms with Crippen molar-refractivity contribution >= 4 is 40.7 Å². The lowest BCUT2D eigenvalue weighted by molar-refractivity contribution is -0.116. The van der Waals surface area contributed by atoms with E-state index in [9.17, 15) is 14.4 Å². The monoisotopic (exact) mass is 373 g/mol. The van der Waals surface area contributed by atoms with Crippen LogP contribution in [0.15, 0.2) is 48.5 Å². The fourth-order valence-corrected chi connectivity index (χ4v) is 2.49. The Hall–Kier alpha value is -2.86. The van der Waals surface area contributed by atoms with E-state index in [4.69, 9.17) is 11.6 Å². The molecule has 136 valence electrons. The largest absolute Gasteiger partial charge is 0.349 e. The van der Waals surface area contributed by atoms with Gasteiger partial charge >= 0.3 is 0 Å². The normalized spacial score (nSPS) is 11.3. The fourth-order valence-electron chi connectivity index (χ4n) is 2.33. The molecule has 7 heteroatoms. The Labute approximate surface area is 156 Å². The molecule has 2 aromatic rings. The molecular weight excluding hydrogens is 354 g/mol. The van der Waals surface area contributed by atoms with Crippen LogP contribution in [0.3, 0.4) is 0 Å². The van der Waals surface area contributed by atoms with Crippen molar-refractivity contribution in [1.29, 1.82) is 0 Å². The van der Waals surface area contributed by atoms with E-state index >= 15 is 0 Å². The van der Waals surface area contributed by atoms with Gasteiger partial charge in [-0.3, -0.25) is 14.4 Å². The molecule has 0 aliphatic carbocycles. The highest BCUT2D eigenvalue weighted by Crippen LogP contribution is 2.25. The zero-order valence-electron chi connectivity index (χ0n) is 14.5. The second kappa shape index (κ2) is 9.01. The molecule has 2 aromatic carbocycles. The molecule has 0 radical (unpaired) electrons. The second-order valence-electron chi connectivity index (χ2n) is 5.87. The quantitative estimate of drug-likeness (QED) is 0.724. The van der Waals surface area contributed by atoms with E-state index in [0.29, 0.717) is 22.0 Å². The smallest absolute Gasteiger partial charge is 0.251 e. The van der Waals surface area contributed by atoms with Crippen molar-refractivity contribution < 1.29 is 14.4 Å². The van der Waals surface area contributed by atoms with Gasteiger partial charge in [-0.15, -0.1) is 0 Å². The molecule has 1 unspecified atom stereocenters. The predicted octanol–water partition coefficient (Wildman–Crippen LogP) is 3.45. The number of carbonyl (C=O) groups excluding carboxylic acids is 3. The van der Waals surface area contributed by atoms with Crippen LogP contribution in [0.4, 0.5) is 11.4 Å². The zero-order chi connectivity index (χ0) is 19.1. The topological polar surface area (TPSA) is 87.3 Å². The van der Waals surface area contributed by atoms with E-state index in [-0.39, 0.29) is 30.2 Å². The summed E-state index contributed by atoms with van der Waals surface area (Å²) in [4.78, 5) is 35.4. The predicted molar refractivity (Wildman–Crippen MR) is 102 cm³/mol. The number of carbonyl (C=O) groups is 3. The minimum Gasteiger partial charge on any atom is -0.349 e. The number of benzene rings is 2. The highest BCUT2D eigenvalue weighted by atomic mass is 35.5. The van der Waals surface area contributed by atoms with Crippen LogP contribution in [0.5, 0.6) is 0 Å². The summed E-state index contributed by atoms with van der Waals surface area (Å²) in [5.74, 6) is -0.758. The number of rotatable bonds is 6. The minimum atomic E-state index is -0.361. The molecule has 0 spiro atoms. The van der Waals surface area contributed by atoms with Gasteiger partial charge in [0.1, 0.15) is 0 Å². The maximum absolute atomic E-state index is 12.2. The first-order chi connectivity index (χ1) is 12.3. The van der Waals surface area contributed by atoms with Gasteiger partial charge in [0.15, 0.2) is 0 Å². The lowest BCUT2D eigenvalue weighted by Gasteiger charge is -2.15. The van der Waals surface area contributed by atoms with E-state index in [1.54, 1.807) is 49.4 Å². The van der Waals surface area contributed by atoms with E-state index < -0.39 is 0 Å². The number of anilines is 2. The highest BCUT2D eigenvalue weighted by Gasteiger charge is 2.14. The summed E-state index contributed by atoms with van der Waals surface area (Å²) in [6, 6.07) is 13.2. The first kappa shape index (κ1) is 19.5. The summed E-state index contributed by atoms with van der Waals surface area (Å²) in [7, 11) is 0. The van der Waals surface area contributed by atoms with Gasteiger partial charge in [-0.05, 0) is 37.3 Å². The van der Waals surface area contributed by atoms with E-state index in [0.717, 1.165) is 0 Å². The summed E-state index contributed by atoms with van der Waals surface area (Å²) in [5, 5.41) is 8.45. The number of amides is 3. The summed E-state index contributed by atoms with van der Waals surface area (Å²) in [6.07, 6.45) is 0.0826. The third-order valence-electron chi connectivity index (χ3n) is 3.47. The Morgan fingerprint density at radius 2 is 1.73 bits per heavy atom. The van der Waals surface area contributed by atoms with E-state index in [1.807, 2.05) is 6.07 Å².